The second-order valence-corrected chi connectivity index (χ2v) is 4.76. The number of benzene rings is 1. The standard InChI is InChI=1S/C13H20N2O2S/c1-10(13(16)14-8-9-17-2)15-11-4-6-12(18-3)7-5-11/h4-7,10,15H,8-9H2,1-3H3,(H,14,16). The molecule has 0 saturated heterocycles. The fourth-order valence-corrected chi connectivity index (χ4v) is 1.84. The zero-order valence-electron chi connectivity index (χ0n) is 11.0. The van der Waals surface area contributed by atoms with Gasteiger partial charge < -0.3 is 15.4 Å². The summed E-state index contributed by atoms with van der Waals surface area (Å²) >= 11 is 1.70. The SMILES string of the molecule is COCCNC(=O)C(C)Nc1ccc(SC)cc1. The molecule has 1 rings (SSSR count). The third-order valence-corrected chi connectivity index (χ3v) is 3.22. The maximum Gasteiger partial charge on any atom is 0.242 e. The summed E-state index contributed by atoms with van der Waals surface area (Å²) in [5.41, 5.74) is 0.946. The minimum atomic E-state index is -0.262. The van der Waals surface area contributed by atoms with E-state index in [1.807, 2.05) is 37.4 Å². The zero-order valence-corrected chi connectivity index (χ0v) is 11.8. The molecule has 1 unspecified atom stereocenters. The van der Waals surface area contributed by atoms with Crippen LogP contribution in [0.3, 0.4) is 0 Å². The largest absolute Gasteiger partial charge is 0.383 e. The van der Waals surface area contributed by atoms with E-state index in [2.05, 4.69) is 10.6 Å². The number of carbonyl (C=O) groups is 1. The Balaban J connectivity index is 2.42. The molecule has 1 amide bonds. The molecule has 1 atom stereocenters. The van der Waals surface area contributed by atoms with Crippen LogP contribution in [0.2, 0.25) is 0 Å². The molecule has 0 aliphatic heterocycles. The van der Waals surface area contributed by atoms with E-state index in [0.717, 1.165) is 5.69 Å². The summed E-state index contributed by atoms with van der Waals surface area (Å²) in [5.74, 6) is -0.0269. The highest BCUT2D eigenvalue weighted by molar-refractivity contribution is 7.98. The second-order valence-electron chi connectivity index (χ2n) is 3.88. The van der Waals surface area contributed by atoms with E-state index in [-0.39, 0.29) is 11.9 Å². The number of thioether (sulfide) groups is 1. The molecule has 0 radical (unpaired) electrons. The van der Waals surface area contributed by atoms with Gasteiger partial charge in [0.1, 0.15) is 6.04 Å². The Morgan fingerprint density at radius 3 is 2.61 bits per heavy atom. The molecule has 0 heterocycles. The predicted octanol–water partition coefficient (Wildman–Crippen LogP) is 1.97. The molecule has 0 fully saturated rings. The molecule has 0 aromatic heterocycles. The molecule has 1 aromatic rings. The average Bonchev–Trinajstić information content (AvgIpc) is 2.39. The molecule has 4 nitrogen and oxygen atoms in total. The van der Waals surface area contributed by atoms with Crippen molar-refractivity contribution in [3.05, 3.63) is 24.3 Å². The lowest BCUT2D eigenvalue weighted by atomic mass is 10.2. The van der Waals surface area contributed by atoms with Crippen molar-refractivity contribution in [2.24, 2.45) is 0 Å². The lowest BCUT2D eigenvalue weighted by Crippen LogP contribution is -2.39. The topological polar surface area (TPSA) is 50.4 Å². The van der Waals surface area contributed by atoms with Gasteiger partial charge in [-0.2, -0.15) is 0 Å². The Kier molecular flexibility index (Phi) is 6.60. The number of ether oxygens (including phenoxy) is 1. The number of nitrogens with one attached hydrogen (secondary N) is 2. The first kappa shape index (κ1) is 14.9. The van der Waals surface area contributed by atoms with E-state index in [1.165, 1.54) is 4.90 Å². The molecule has 1 aromatic carbocycles. The van der Waals surface area contributed by atoms with E-state index < -0.39 is 0 Å². The molecule has 18 heavy (non-hydrogen) atoms. The monoisotopic (exact) mass is 268 g/mol. The minimum Gasteiger partial charge on any atom is -0.383 e. The van der Waals surface area contributed by atoms with E-state index in [4.69, 9.17) is 4.74 Å². The normalized spacial score (nSPS) is 11.9. The molecule has 2 N–H and O–H groups in total. The van der Waals surface area contributed by atoms with Crippen molar-refractivity contribution in [2.75, 3.05) is 31.8 Å². The van der Waals surface area contributed by atoms with Crippen molar-refractivity contribution in [1.29, 1.82) is 0 Å². The van der Waals surface area contributed by atoms with Gasteiger partial charge in [-0.15, -0.1) is 11.8 Å². The Morgan fingerprint density at radius 1 is 1.39 bits per heavy atom. The fraction of sp³-hybridized carbons (Fsp3) is 0.462. The van der Waals surface area contributed by atoms with Crippen LogP contribution in [0.15, 0.2) is 29.2 Å². The molecule has 0 spiro atoms. The first-order valence-electron chi connectivity index (χ1n) is 5.84. The second kappa shape index (κ2) is 8.00. The summed E-state index contributed by atoms with van der Waals surface area (Å²) in [5, 5.41) is 5.95. The maximum atomic E-state index is 11.7. The van der Waals surface area contributed by atoms with Gasteiger partial charge in [0, 0.05) is 24.2 Å². The molecule has 5 heteroatoms. The quantitative estimate of drug-likeness (QED) is 0.586. The van der Waals surface area contributed by atoms with Crippen LogP contribution in [0.5, 0.6) is 0 Å². The smallest absolute Gasteiger partial charge is 0.242 e. The van der Waals surface area contributed by atoms with Crippen LogP contribution in [0.4, 0.5) is 5.69 Å². The van der Waals surface area contributed by atoms with E-state index in [0.29, 0.717) is 13.2 Å². The highest BCUT2D eigenvalue weighted by Crippen LogP contribution is 2.17. The third kappa shape index (κ3) is 4.98. The number of anilines is 1. The van der Waals surface area contributed by atoms with Crippen molar-refractivity contribution < 1.29 is 9.53 Å². The van der Waals surface area contributed by atoms with Gasteiger partial charge >= 0.3 is 0 Å². The van der Waals surface area contributed by atoms with Gasteiger partial charge in [-0.3, -0.25) is 4.79 Å². The number of amides is 1. The number of rotatable bonds is 7. The summed E-state index contributed by atoms with van der Waals surface area (Å²) < 4.78 is 4.88. The van der Waals surface area contributed by atoms with Crippen molar-refractivity contribution in [3.63, 3.8) is 0 Å². The lowest BCUT2D eigenvalue weighted by Gasteiger charge is -2.15. The summed E-state index contributed by atoms with van der Waals surface area (Å²) in [6.07, 6.45) is 2.04. The summed E-state index contributed by atoms with van der Waals surface area (Å²) in [7, 11) is 1.61. The van der Waals surface area contributed by atoms with Crippen LogP contribution in [0, 0.1) is 0 Å². The van der Waals surface area contributed by atoms with Gasteiger partial charge in [0.25, 0.3) is 0 Å². The van der Waals surface area contributed by atoms with Crippen molar-refractivity contribution >= 4 is 23.4 Å². The molecule has 0 saturated carbocycles. The average molecular weight is 268 g/mol. The summed E-state index contributed by atoms with van der Waals surface area (Å²) in [4.78, 5) is 12.9. The van der Waals surface area contributed by atoms with Gasteiger partial charge in [-0.1, -0.05) is 0 Å². The molecule has 0 bridgehead atoms. The number of methoxy groups -OCH3 is 1. The zero-order chi connectivity index (χ0) is 13.4. The van der Waals surface area contributed by atoms with Crippen LogP contribution >= 0.6 is 11.8 Å². The number of hydrogen-bond acceptors (Lipinski definition) is 4. The van der Waals surface area contributed by atoms with Crippen molar-refractivity contribution in [2.45, 2.75) is 17.9 Å². The van der Waals surface area contributed by atoms with Crippen LogP contribution in [-0.4, -0.2) is 38.5 Å². The van der Waals surface area contributed by atoms with Gasteiger partial charge in [0.2, 0.25) is 5.91 Å². The molecular weight excluding hydrogens is 248 g/mol. The van der Waals surface area contributed by atoms with Gasteiger partial charge in [-0.05, 0) is 37.4 Å². The first-order valence-corrected chi connectivity index (χ1v) is 7.07. The number of carbonyl (C=O) groups excluding carboxylic acids is 1. The summed E-state index contributed by atoms with van der Waals surface area (Å²) in [6, 6.07) is 7.75. The predicted molar refractivity (Wildman–Crippen MR) is 76.2 cm³/mol. The van der Waals surface area contributed by atoms with E-state index in [9.17, 15) is 4.79 Å². The fourth-order valence-electron chi connectivity index (χ4n) is 1.43. The molecular formula is C13H20N2O2S. The Labute approximate surface area is 112 Å². The lowest BCUT2D eigenvalue weighted by molar-refractivity contribution is -0.121. The molecule has 0 aliphatic carbocycles. The van der Waals surface area contributed by atoms with E-state index in [1.54, 1.807) is 18.9 Å². The molecule has 100 valence electrons. The Bertz CT molecular complexity index is 368. The highest BCUT2D eigenvalue weighted by Gasteiger charge is 2.11. The molecule has 0 aliphatic rings. The van der Waals surface area contributed by atoms with Crippen LogP contribution in [0.25, 0.3) is 0 Å². The third-order valence-electron chi connectivity index (χ3n) is 2.47. The van der Waals surface area contributed by atoms with Crippen LogP contribution in [-0.2, 0) is 9.53 Å². The Morgan fingerprint density at radius 2 is 2.06 bits per heavy atom. The van der Waals surface area contributed by atoms with Crippen molar-refractivity contribution in [3.8, 4) is 0 Å². The van der Waals surface area contributed by atoms with Gasteiger partial charge in [-0.25, -0.2) is 0 Å². The van der Waals surface area contributed by atoms with Crippen LogP contribution in [0.1, 0.15) is 6.92 Å². The first-order chi connectivity index (χ1) is 8.67. The van der Waals surface area contributed by atoms with Crippen molar-refractivity contribution in [1.82, 2.24) is 5.32 Å². The van der Waals surface area contributed by atoms with Gasteiger partial charge in [0.15, 0.2) is 0 Å². The highest BCUT2D eigenvalue weighted by atomic mass is 32.2. The minimum absolute atomic E-state index is 0.0269. The van der Waals surface area contributed by atoms with E-state index >= 15 is 0 Å². The maximum absolute atomic E-state index is 11.7. The Hall–Kier alpha value is -1.20. The number of hydrogen-bond donors (Lipinski definition) is 2. The van der Waals surface area contributed by atoms with Crippen LogP contribution < -0.4 is 10.6 Å². The summed E-state index contributed by atoms with van der Waals surface area (Å²) in [6.45, 7) is 2.90. The van der Waals surface area contributed by atoms with Gasteiger partial charge in [0.05, 0.1) is 6.61 Å².